The Morgan fingerprint density at radius 2 is 1.79 bits per heavy atom. The molecule has 1 aromatic heterocycles. The van der Waals surface area contributed by atoms with E-state index < -0.39 is 5.97 Å². The normalized spacial score (nSPS) is 17.1. The second-order valence-corrected chi connectivity index (χ2v) is 7.25. The molecule has 0 unspecified atom stereocenters. The van der Waals surface area contributed by atoms with E-state index in [0.717, 1.165) is 37.0 Å². The van der Waals surface area contributed by atoms with Crippen LogP contribution in [-0.2, 0) is 4.74 Å². The molecule has 1 aliphatic heterocycles. The van der Waals surface area contributed by atoms with Crippen LogP contribution in [0.25, 0.3) is 0 Å². The number of aryl methyl sites for hydroxylation is 1. The summed E-state index contributed by atoms with van der Waals surface area (Å²) in [6, 6.07) is 7.93. The fourth-order valence-corrected chi connectivity index (χ4v) is 4.04. The van der Waals surface area contributed by atoms with E-state index in [-0.39, 0.29) is 11.9 Å². The number of nitrogens with one attached hydrogen (secondary N) is 1. The zero-order valence-electron chi connectivity index (χ0n) is 17.0. The standard InChI is InChI=1S/C22H28N2O4/c1-14-19(22(26)28-4)15(2)23-20(14)21(25)24-13-7-5-6-8-18(24)16-9-11-17(27-3)12-10-16/h9-12,18,23H,5-8,13H2,1-4H3/t18-/m1/s1. The van der Waals surface area contributed by atoms with Crippen molar-refractivity contribution < 1.29 is 19.1 Å². The number of aromatic amines is 1. The number of carbonyl (C=O) groups excluding carboxylic acids is 2. The monoisotopic (exact) mass is 384 g/mol. The Bertz CT molecular complexity index is 854. The van der Waals surface area contributed by atoms with Crippen LogP contribution in [0.1, 0.15) is 69.4 Å². The summed E-state index contributed by atoms with van der Waals surface area (Å²) in [6.45, 7) is 4.28. The molecular weight excluding hydrogens is 356 g/mol. The predicted molar refractivity (Wildman–Crippen MR) is 107 cm³/mol. The van der Waals surface area contributed by atoms with Gasteiger partial charge in [-0.1, -0.05) is 25.0 Å². The van der Waals surface area contributed by atoms with Gasteiger partial charge in [0.25, 0.3) is 5.91 Å². The minimum atomic E-state index is -0.423. The predicted octanol–water partition coefficient (Wildman–Crippen LogP) is 4.18. The van der Waals surface area contributed by atoms with Crippen molar-refractivity contribution >= 4 is 11.9 Å². The molecule has 2 heterocycles. The molecule has 1 aromatic carbocycles. The maximum absolute atomic E-state index is 13.5. The lowest BCUT2D eigenvalue weighted by Crippen LogP contribution is -2.35. The molecule has 0 radical (unpaired) electrons. The van der Waals surface area contributed by atoms with E-state index in [1.807, 2.05) is 29.2 Å². The Morgan fingerprint density at radius 3 is 2.43 bits per heavy atom. The molecule has 1 atom stereocenters. The van der Waals surface area contributed by atoms with Crippen LogP contribution in [-0.4, -0.2) is 42.5 Å². The molecule has 1 N–H and O–H groups in total. The van der Waals surface area contributed by atoms with Crippen molar-refractivity contribution in [3.63, 3.8) is 0 Å². The highest BCUT2D eigenvalue weighted by atomic mass is 16.5. The average Bonchev–Trinajstić information content (AvgIpc) is 2.88. The molecule has 28 heavy (non-hydrogen) atoms. The van der Waals surface area contributed by atoms with E-state index in [1.54, 1.807) is 21.0 Å². The molecule has 0 aliphatic carbocycles. The number of methoxy groups -OCH3 is 2. The van der Waals surface area contributed by atoms with Crippen molar-refractivity contribution in [3.05, 3.63) is 52.3 Å². The quantitative estimate of drug-likeness (QED) is 0.803. The molecule has 2 aromatic rings. The third kappa shape index (κ3) is 3.77. The highest BCUT2D eigenvalue weighted by Crippen LogP contribution is 2.33. The summed E-state index contributed by atoms with van der Waals surface area (Å²) in [5.41, 5.74) is 3.32. The lowest BCUT2D eigenvalue weighted by atomic mass is 10.00. The van der Waals surface area contributed by atoms with Crippen molar-refractivity contribution in [1.82, 2.24) is 9.88 Å². The van der Waals surface area contributed by atoms with Crippen LogP contribution in [0, 0.1) is 13.8 Å². The Balaban J connectivity index is 1.96. The molecule has 1 fully saturated rings. The topological polar surface area (TPSA) is 71.6 Å². The fourth-order valence-electron chi connectivity index (χ4n) is 4.04. The average molecular weight is 384 g/mol. The van der Waals surface area contributed by atoms with E-state index in [2.05, 4.69) is 4.98 Å². The van der Waals surface area contributed by atoms with Gasteiger partial charge in [-0.3, -0.25) is 4.79 Å². The molecule has 6 nitrogen and oxygen atoms in total. The van der Waals surface area contributed by atoms with Gasteiger partial charge in [-0.15, -0.1) is 0 Å². The Morgan fingerprint density at radius 1 is 1.07 bits per heavy atom. The Hall–Kier alpha value is -2.76. The van der Waals surface area contributed by atoms with Gasteiger partial charge in [0, 0.05) is 12.2 Å². The van der Waals surface area contributed by atoms with Crippen LogP contribution < -0.4 is 4.74 Å². The second-order valence-electron chi connectivity index (χ2n) is 7.25. The Labute approximate surface area is 165 Å². The molecule has 1 saturated heterocycles. The van der Waals surface area contributed by atoms with Gasteiger partial charge in [0.2, 0.25) is 0 Å². The summed E-state index contributed by atoms with van der Waals surface area (Å²) in [5, 5.41) is 0. The molecular formula is C22H28N2O4. The number of H-pyrrole nitrogens is 1. The van der Waals surface area contributed by atoms with Gasteiger partial charge in [0.15, 0.2) is 0 Å². The van der Waals surface area contributed by atoms with Crippen molar-refractivity contribution in [2.24, 2.45) is 0 Å². The number of ether oxygens (including phenoxy) is 2. The van der Waals surface area contributed by atoms with E-state index >= 15 is 0 Å². The molecule has 1 amide bonds. The van der Waals surface area contributed by atoms with Crippen LogP contribution in [0.3, 0.4) is 0 Å². The van der Waals surface area contributed by atoms with Gasteiger partial charge in [-0.25, -0.2) is 4.79 Å². The fraction of sp³-hybridized carbons (Fsp3) is 0.455. The number of amides is 1. The zero-order valence-corrected chi connectivity index (χ0v) is 17.0. The number of nitrogens with zero attached hydrogens (tertiary/aromatic N) is 1. The number of hydrogen-bond acceptors (Lipinski definition) is 4. The van der Waals surface area contributed by atoms with Crippen molar-refractivity contribution in [2.45, 2.75) is 45.6 Å². The first-order valence-corrected chi connectivity index (χ1v) is 9.70. The number of likely N-dealkylation sites (tertiary alicyclic amines) is 1. The molecule has 6 heteroatoms. The van der Waals surface area contributed by atoms with E-state index in [4.69, 9.17) is 9.47 Å². The summed E-state index contributed by atoms with van der Waals surface area (Å²) in [5.74, 6) is 0.306. The minimum Gasteiger partial charge on any atom is -0.497 e. The summed E-state index contributed by atoms with van der Waals surface area (Å²) in [4.78, 5) is 30.6. The van der Waals surface area contributed by atoms with Gasteiger partial charge in [0.1, 0.15) is 11.4 Å². The van der Waals surface area contributed by atoms with Gasteiger partial charge in [0.05, 0.1) is 25.8 Å². The largest absolute Gasteiger partial charge is 0.497 e. The first-order valence-electron chi connectivity index (χ1n) is 9.70. The minimum absolute atomic E-state index is 0.00508. The third-order valence-corrected chi connectivity index (χ3v) is 5.56. The lowest BCUT2D eigenvalue weighted by Gasteiger charge is -2.30. The van der Waals surface area contributed by atoms with Gasteiger partial charge in [-0.2, -0.15) is 0 Å². The van der Waals surface area contributed by atoms with Crippen LogP contribution in [0.15, 0.2) is 24.3 Å². The smallest absolute Gasteiger partial charge is 0.339 e. The van der Waals surface area contributed by atoms with Crippen LogP contribution in [0.4, 0.5) is 0 Å². The van der Waals surface area contributed by atoms with Gasteiger partial charge < -0.3 is 19.4 Å². The number of esters is 1. The highest BCUT2D eigenvalue weighted by molar-refractivity contribution is 6.00. The van der Waals surface area contributed by atoms with Crippen molar-refractivity contribution in [2.75, 3.05) is 20.8 Å². The van der Waals surface area contributed by atoms with E-state index in [9.17, 15) is 9.59 Å². The van der Waals surface area contributed by atoms with E-state index in [1.165, 1.54) is 7.11 Å². The molecule has 150 valence electrons. The summed E-state index contributed by atoms with van der Waals surface area (Å²) < 4.78 is 10.1. The maximum atomic E-state index is 13.5. The number of aromatic nitrogens is 1. The SMILES string of the molecule is COC(=O)c1c(C)[nH]c(C(=O)N2CCCCC[C@@H]2c2ccc(OC)cc2)c1C. The van der Waals surface area contributed by atoms with Crippen molar-refractivity contribution in [3.8, 4) is 5.75 Å². The number of rotatable bonds is 4. The summed E-state index contributed by atoms with van der Waals surface area (Å²) >= 11 is 0. The Kier molecular flexibility index (Phi) is 6.07. The maximum Gasteiger partial charge on any atom is 0.339 e. The molecule has 0 saturated carbocycles. The van der Waals surface area contributed by atoms with Crippen LogP contribution >= 0.6 is 0 Å². The first-order chi connectivity index (χ1) is 13.5. The van der Waals surface area contributed by atoms with Crippen molar-refractivity contribution in [1.29, 1.82) is 0 Å². The van der Waals surface area contributed by atoms with Gasteiger partial charge in [-0.05, 0) is 49.9 Å². The van der Waals surface area contributed by atoms with Gasteiger partial charge >= 0.3 is 5.97 Å². The highest BCUT2D eigenvalue weighted by Gasteiger charge is 2.31. The third-order valence-electron chi connectivity index (χ3n) is 5.56. The van der Waals surface area contributed by atoms with Crippen LogP contribution in [0.5, 0.6) is 5.75 Å². The van der Waals surface area contributed by atoms with E-state index in [0.29, 0.717) is 29.1 Å². The molecule has 1 aliphatic rings. The number of carbonyl (C=O) groups is 2. The number of benzene rings is 1. The van der Waals surface area contributed by atoms with Crippen LogP contribution in [0.2, 0.25) is 0 Å². The molecule has 3 rings (SSSR count). The first kappa shape index (κ1) is 20.0. The summed E-state index contributed by atoms with van der Waals surface area (Å²) in [6.07, 6.45) is 4.07. The second kappa shape index (κ2) is 8.50. The molecule has 0 bridgehead atoms. The number of hydrogen-bond donors (Lipinski definition) is 1. The zero-order chi connectivity index (χ0) is 20.3. The summed E-state index contributed by atoms with van der Waals surface area (Å²) in [7, 11) is 3.00. The lowest BCUT2D eigenvalue weighted by molar-refractivity contribution is 0.0599. The molecule has 0 spiro atoms.